The molecule has 0 saturated heterocycles. The van der Waals surface area contributed by atoms with Crippen molar-refractivity contribution in [1.29, 1.82) is 0 Å². The molecular weight excluding hydrogens is 267 g/mol. The van der Waals surface area contributed by atoms with Gasteiger partial charge in [0.05, 0.1) is 0 Å². The predicted molar refractivity (Wildman–Crippen MR) is 80.5 cm³/mol. The Morgan fingerprint density at radius 3 is 2.17 bits per heavy atom. The Bertz CT molecular complexity index is 352. The monoisotopic (exact) mass is 288 g/mol. The van der Waals surface area contributed by atoms with Gasteiger partial charge in [0.25, 0.3) is 0 Å². The molecule has 2 nitrogen and oxygen atoms in total. The van der Waals surface area contributed by atoms with Crippen LogP contribution in [0.15, 0.2) is 18.2 Å². The van der Waals surface area contributed by atoms with Gasteiger partial charge in [-0.25, -0.2) is 0 Å². The highest BCUT2D eigenvalue weighted by Crippen LogP contribution is 2.18. The molecule has 0 radical (unpaired) electrons. The van der Waals surface area contributed by atoms with Crippen molar-refractivity contribution in [2.24, 2.45) is 0 Å². The van der Waals surface area contributed by atoms with Crippen LogP contribution in [0.5, 0.6) is 0 Å². The van der Waals surface area contributed by atoms with Crippen LogP contribution in [0, 0.1) is 0 Å². The van der Waals surface area contributed by atoms with E-state index in [0.29, 0.717) is 10.0 Å². The van der Waals surface area contributed by atoms with E-state index in [2.05, 4.69) is 31.4 Å². The number of benzene rings is 1. The van der Waals surface area contributed by atoms with Gasteiger partial charge in [0.2, 0.25) is 0 Å². The fourth-order valence-electron chi connectivity index (χ4n) is 1.62. The van der Waals surface area contributed by atoms with E-state index in [9.17, 15) is 0 Å². The Morgan fingerprint density at radius 2 is 1.61 bits per heavy atom. The first kappa shape index (κ1) is 15.8. The third kappa shape index (κ3) is 7.22. The van der Waals surface area contributed by atoms with E-state index >= 15 is 0 Å². The van der Waals surface area contributed by atoms with Gasteiger partial charge in [-0.2, -0.15) is 0 Å². The van der Waals surface area contributed by atoms with Crippen LogP contribution in [0.1, 0.15) is 32.8 Å². The molecule has 0 saturated carbocycles. The molecule has 0 aromatic heterocycles. The molecule has 1 aromatic rings. The fraction of sp³-hybridized carbons (Fsp3) is 0.571. The summed E-state index contributed by atoms with van der Waals surface area (Å²) in [7, 11) is 0. The van der Waals surface area contributed by atoms with E-state index in [1.165, 1.54) is 0 Å². The van der Waals surface area contributed by atoms with Crippen molar-refractivity contribution in [3.63, 3.8) is 0 Å². The average Bonchev–Trinajstić information content (AvgIpc) is 2.20. The maximum Gasteiger partial charge on any atom is 0.0424 e. The zero-order chi connectivity index (χ0) is 13.6. The van der Waals surface area contributed by atoms with Gasteiger partial charge in [0.15, 0.2) is 0 Å². The Labute approximate surface area is 120 Å². The van der Waals surface area contributed by atoms with Gasteiger partial charge in [0, 0.05) is 22.1 Å². The van der Waals surface area contributed by atoms with Crippen molar-refractivity contribution in [3.05, 3.63) is 33.8 Å². The van der Waals surface area contributed by atoms with Crippen LogP contribution in [0.2, 0.25) is 10.0 Å². The van der Waals surface area contributed by atoms with Crippen LogP contribution in [-0.4, -0.2) is 18.6 Å². The second kappa shape index (κ2) is 7.34. The van der Waals surface area contributed by atoms with E-state index in [1.54, 1.807) is 6.07 Å². The molecule has 0 bridgehead atoms. The Morgan fingerprint density at radius 1 is 1.00 bits per heavy atom. The van der Waals surface area contributed by atoms with Crippen LogP contribution in [0.4, 0.5) is 0 Å². The first-order valence-electron chi connectivity index (χ1n) is 6.27. The van der Waals surface area contributed by atoms with E-state index in [-0.39, 0.29) is 5.54 Å². The molecule has 2 N–H and O–H groups in total. The number of halogens is 2. The molecule has 102 valence electrons. The summed E-state index contributed by atoms with van der Waals surface area (Å²) in [6.45, 7) is 9.33. The van der Waals surface area contributed by atoms with Crippen molar-refractivity contribution in [3.8, 4) is 0 Å². The summed E-state index contributed by atoms with van der Waals surface area (Å²) in [4.78, 5) is 0. The number of nitrogens with one attached hydrogen (secondary N) is 2. The smallest absolute Gasteiger partial charge is 0.0424 e. The summed E-state index contributed by atoms with van der Waals surface area (Å²) in [5.74, 6) is 0. The molecule has 1 rings (SSSR count). The molecule has 1 aromatic carbocycles. The second-order valence-corrected chi connectivity index (χ2v) is 6.36. The molecule has 0 heterocycles. The van der Waals surface area contributed by atoms with Gasteiger partial charge in [-0.1, -0.05) is 23.2 Å². The largest absolute Gasteiger partial charge is 0.313 e. The molecule has 0 spiro atoms. The lowest BCUT2D eigenvalue weighted by Gasteiger charge is -2.20. The minimum absolute atomic E-state index is 0.195. The van der Waals surface area contributed by atoms with Gasteiger partial charge in [-0.15, -0.1) is 0 Å². The molecule has 0 fully saturated rings. The molecule has 0 aliphatic heterocycles. The first-order chi connectivity index (χ1) is 8.37. The Kier molecular flexibility index (Phi) is 6.44. The quantitative estimate of drug-likeness (QED) is 0.777. The van der Waals surface area contributed by atoms with Gasteiger partial charge < -0.3 is 10.6 Å². The van der Waals surface area contributed by atoms with Gasteiger partial charge in [-0.05, 0) is 64.0 Å². The Balaban J connectivity index is 2.18. The maximum atomic E-state index is 5.94. The van der Waals surface area contributed by atoms with Crippen LogP contribution < -0.4 is 10.6 Å². The van der Waals surface area contributed by atoms with Crippen LogP contribution in [0.3, 0.4) is 0 Å². The van der Waals surface area contributed by atoms with Crippen molar-refractivity contribution in [2.75, 3.05) is 13.1 Å². The molecule has 0 atom stereocenters. The molecule has 4 heteroatoms. The summed E-state index contributed by atoms with van der Waals surface area (Å²) >= 11 is 11.9. The molecule has 18 heavy (non-hydrogen) atoms. The molecular formula is C14H22Cl2N2. The predicted octanol–water partition coefficient (Wildman–Crippen LogP) is 3.86. The highest BCUT2D eigenvalue weighted by molar-refractivity contribution is 6.34. The van der Waals surface area contributed by atoms with Crippen molar-refractivity contribution in [1.82, 2.24) is 10.6 Å². The molecule has 0 amide bonds. The van der Waals surface area contributed by atoms with E-state index in [0.717, 1.165) is 31.6 Å². The van der Waals surface area contributed by atoms with Crippen LogP contribution >= 0.6 is 23.2 Å². The Hall–Kier alpha value is -0.280. The fourth-order valence-corrected chi connectivity index (χ4v) is 2.19. The van der Waals surface area contributed by atoms with Gasteiger partial charge >= 0.3 is 0 Å². The third-order valence-corrected chi connectivity index (χ3v) is 2.87. The topological polar surface area (TPSA) is 24.1 Å². The van der Waals surface area contributed by atoms with E-state index < -0.39 is 0 Å². The lowest BCUT2D eigenvalue weighted by molar-refractivity contribution is 0.418. The lowest BCUT2D eigenvalue weighted by Crippen LogP contribution is -2.37. The lowest BCUT2D eigenvalue weighted by atomic mass is 10.1. The van der Waals surface area contributed by atoms with Crippen molar-refractivity contribution < 1.29 is 0 Å². The van der Waals surface area contributed by atoms with E-state index in [4.69, 9.17) is 23.2 Å². The summed E-state index contributed by atoms with van der Waals surface area (Å²) in [5.41, 5.74) is 1.32. The summed E-state index contributed by atoms with van der Waals surface area (Å²) < 4.78 is 0. The average molecular weight is 289 g/mol. The van der Waals surface area contributed by atoms with Crippen LogP contribution in [-0.2, 0) is 6.54 Å². The third-order valence-electron chi connectivity index (χ3n) is 2.44. The molecule has 0 aliphatic rings. The summed E-state index contributed by atoms with van der Waals surface area (Å²) in [6, 6.07) is 5.63. The normalized spacial score (nSPS) is 11.8. The highest BCUT2D eigenvalue weighted by Gasteiger charge is 2.06. The minimum Gasteiger partial charge on any atom is -0.313 e. The first-order valence-corrected chi connectivity index (χ1v) is 7.03. The van der Waals surface area contributed by atoms with Gasteiger partial charge in [0.1, 0.15) is 0 Å². The number of rotatable bonds is 6. The van der Waals surface area contributed by atoms with Crippen molar-refractivity contribution >= 4 is 23.2 Å². The summed E-state index contributed by atoms with van der Waals surface area (Å²) in [5, 5.41) is 8.22. The molecule has 0 unspecified atom stereocenters. The number of hydrogen-bond donors (Lipinski definition) is 2. The molecule has 0 aliphatic carbocycles. The highest BCUT2D eigenvalue weighted by atomic mass is 35.5. The number of hydrogen-bond acceptors (Lipinski definition) is 2. The zero-order valence-corrected chi connectivity index (χ0v) is 12.8. The van der Waals surface area contributed by atoms with E-state index in [1.807, 2.05) is 12.1 Å². The van der Waals surface area contributed by atoms with Crippen LogP contribution in [0.25, 0.3) is 0 Å². The minimum atomic E-state index is 0.195. The summed E-state index contributed by atoms with van der Waals surface area (Å²) in [6.07, 6.45) is 1.10. The zero-order valence-electron chi connectivity index (χ0n) is 11.3. The van der Waals surface area contributed by atoms with Gasteiger partial charge in [-0.3, -0.25) is 0 Å². The maximum absolute atomic E-state index is 5.94. The SMILES string of the molecule is CC(C)(C)NCCCNCc1cc(Cl)cc(Cl)c1. The second-order valence-electron chi connectivity index (χ2n) is 5.48. The standard InChI is InChI=1S/C14H22Cl2N2/c1-14(2,3)18-6-4-5-17-10-11-7-12(15)9-13(16)8-11/h7-9,17-18H,4-6,10H2,1-3H3. The van der Waals surface area contributed by atoms with Crippen molar-refractivity contribution in [2.45, 2.75) is 39.3 Å².